The summed E-state index contributed by atoms with van der Waals surface area (Å²) in [6, 6.07) is 23.3. The Labute approximate surface area is 210 Å². The first kappa shape index (κ1) is 24.5. The fraction of sp³-hybridized carbons (Fsp3) is 0.250. The molecular formula is C28H27ClN4O2. The second kappa shape index (κ2) is 11.2. The summed E-state index contributed by atoms with van der Waals surface area (Å²) in [6.45, 7) is 0.402. The first-order chi connectivity index (χ1) is 16.9. The number of rotatable bonds is 6. The van der Waals surface area contributed by atoms with E-state index in [9.17, 15) is 9.59 Å². The second-order valence-corrected chi connectivity index (χ2v) is 9.29. The van der Waals surface area contributed by atoms with E-state index in [4.69, 9.17) is 22.6 Å². The van der Waals surface area contributed by atoms with Crippen molar-refractivity contribution in [3.63, 3.8) is 0 Å². The van der Waals surface area contributed by atoms with Crippen molar-refractivity contribution in [2.24, 2.45) is 5.73 Å². The van der Waals surface area contributed by atoms with Gasteiger partial charge in [0.25, 0.3) is 11.8 Å². The zero-order valence-electron chi connectivity index (χ0n) is 19.3. The van der Waals surface area contributed by atoms with Crippen LogP contribution in [0.25, 0.3) is 0 Å². The Morgan fingerprint density at radius 1 is 0.971 bits per heavy atom. The predicted molar refractivity (Wildman–Crippen MR) is 137 cm³/mol. The van der Waals surface area contributed by atoms with Gasteiger partial charge in [0.05, 0.1) is 11.6 Å². The van der Waals surface area contributed by atoms with Gasteiger partial charge < -0.3 is 16.0 Å². The number of hydrogen-bond acceptors (Lipinski definition) is 4. The molecule has 0 unspecified atom stereocenters. The number of nitrogens with two attached hydrogens (primary N) is 1. The Bertz CT molecular complexity index is 1240. The highest BCUT2D eigenvalue weighted by atomic mass is 35.5. The van der Waals surface area contributed by atoms with Crippen molar-refractivity contribution in [3.05, 3.63) is 100 Å². The largest absolute Gasteiger partial charge is 0.331 e. The van der Waals surface area contributed by atoms with E-state index < -0.39 is 0 Å². The van der Waals surface area contributed by atoms with E-state index in [2.05, 4.69) is 11.4 Å². The van der Waals surface area contributed by atoms with Crippen LogP contribution in [0.4, 0.5) is 5.69 Å². The lowest BCUT2D eigenvalue weighted by molar-refractivity contribution is 0.0606. The molecule has 1 aliphatic rings. The Morgan fingerprint density at radius 3 is 2.37 bits per heavy atom. The van der Waals surface area contributed by atoms with Gasteiger partial charge in [-0.25, -0.2) is 0 Å². The van der Waals surface area contributed by atoms with Gasteiger partial charge in [-0.1, -0.05) is 29.8 Å². The Balaban J connectivity index is 1.55. The van der Waals surface area contributed by atoms with Gasteiger partial charge >= 0.3 is 0 Å². The predicted octanol–water partition coefficient (Wildman–Crippen LogP) is 5.38. The summed E-state index contributed by atoms with van der Waals surface area (Å²) in [6.07, 6.45) is 3.43. The lowest BCUT2D eigenvalue weighted by Crippen LogP contribution is -2.43. The van der Waals surface area contributed by atoms with Crippen molar-refractivity contribution in [2.75, 3.05) is 5.32 Å². The number of carbonyl (C=O) groups excluding carboxylic acids is 2. The highest BCUT2D eigenvalue weighted by Gasteiger charge is 2.28. The Hall–Kier alpha value is -3.66. The summed E-state index contributed by atoms with van der Waals surface area (Å²) in [7, 11) is 0. The zero-order chi connectivity index (χ0) is 24.8. The van der Waals surface area contributed by atoms with Gasteiger partial charge in [-0.15, -0.1) is 0 Å². The molecular weight excluding hydrogens is 460 g/mol. The van der Waals surface area contributed by atoms with Gasteiger partial charge in [0.1, 0.15) is 0 Å². The summed E-state index contributed by atoms with van der Waals surface area (Å²) in [5.74, 6) is -0.334. The van der Waals surface area contributed by atoms with E-state index in [0.717, 1.165) is 31.2 Å². The van der Waals surface area contributed by atoms with Crippen LogP contribution in [0.5, 0.6) is 0 Å². The van der Waals surface area contributed by atoms with E-state index in [1.165, 1.54) is 0 Å². The molecule has 2 amide bonds. The molecule has 4 rings (SSSR count). The molecule has 0 spiro atoms. The molecule has 0 aliphatic heterocycles. The standard InChI is InChI=1S/C28H27ClN4O2/c29-23-5-2-4-22(16-23)27(34)32-25-6-1-3-20(15-25)18-33(26-13-11-24(31)12-14-26)28(35)21-9-7-19(17-30)8-10-21/h1-10,15-16,24,26H,11-14,18,31H2,(H,32,34). The Morgan fingerprint density at radius 2 is 1.69 bits per heavy atom. The minimum absolute atomic E-state index is 0.0719. The molecule has 0 saturated heterocycles. The van der Waals surface area contributed by atoms with Gasteiger partial charge in [0.2, 0.25) is 0 Å². The molecule has 178 valence electrons. The van der Waals surface area contributed by atoms with Crippen molar-refractivity contribution in [3.8, 4) is 6.07 Å². The van der Waals surface area contributed by atoms with Crippen LogP contribution in [0.3, 0.4) is 0 Å². The smallest absolute Gasteiger partial charge is 0.255 e. The van der Waals surface area contributed by atoms with E-state index >= 15 is 0 Å². The summed E-state index contributed by atoms with van der Waals surface area (Å²) in [5, 5.41) is 12.5. The number of benzene rings is 3. The maximum absolute atomic E-state index is 13.5. The minimum Gasteiger partial charge on any atom is -0.331 e. The van der Waals surface area contributed by atoms with Crippen molar-refractivity contribution in [2.45, 2.75) is 44.3 Å². The molecule has 1 aliphatic carbocycles. The number of nitrogens with one attached hydrogen (secondary N) is 1. The molecule has 0 bridgehead atoms. The highest BCUT2D eigenvalue weighted by Crippen LogP contribution is 2.26. The van der Waals surface area contributed by atoms with Gasteiger partial charge in [-0.2, -0.15) is 5.26 Å². The number of hydrogen-bond donors (Lipinski definition) is 2. The van der Waals surface area contributed by atoms with Crippen LogP contribution in [0.15, 0.2) is 72.8 Å². The molecule has 1 fully saturated rings. The monoisotopic (exact) mass is 486 g/mol. The van der Waals surface area contributed by atoms with Crippen molar-refractivity contribution < 1.29 is 9.59 Å². The molecule has 3 N–H and O–H groups in total. The molecule has 6 nitrogen and oxygen atoms in total. The van der Waals surface area contributed by atoms with Gasteiger partial charge in [0.15, 0.2) is 0 Å². The van der Waals surface area contributed by atoms with Gasteiger partial charge in [-0.3, -0.25) is 9.59 Å². The van der Waals surface area contributed by atoms with Crippen LogP contribution >= 0.6 is 11.6 Å². The molecule has 7 heteroatoms. The van der Waals surface area contributed by atoms with E-state index in [-0.39, 0.29) is 23.9 Å². The topological polar surface area (TPSA) is 99.2 Å². The van der Waals surface area contributed by atoms with Crippen LogP contribution in [0.2, 0.25) is 5.02 Å². The average Bonchev–Trinajstić information content (AvgIpc) is 2.88. The van der Waals surface area contributed by atoms with Crippen LogP contribution in [0, 0.1) is 11.3 Å². The van der Waals surface area contributed by atoms with Crippen LogP contribution in [0.1, 0.15) is 57.5 Å². The molecule has 35 heavy (non-hydrogen) atoms. The third kappa shape index (κ3) is 6.27. The summed E-state index contributed by atoms with van der Waals surface area (Å²) >= 11 is 6.01. The number of amides is 2. The molecule has 0 radical (unpaired) electrons. The summed E-state index contributed by atoms with van der Waals surface area (Å²) in [5.41, 5.74) is 9.19. The van der Waals surface area contributed by atoms with Crippen molar-refractivity contribution in [1.82, 2.24) is 4.90 Å². The van der Waals surface area contributed by atoms with Crippen LogP contribution < -0.4 is 11.1 Å². The number of halogens is 1. The number of carbonyl (C=O) groups is 2. The zero-order valence-corrected chi connectivity index (χ0v) is 20.0. The van der Waals surface area contributed by atoms with Crippen molar-refractivity contribution in [1.29, 1.82) is 5.26 Å². The quantitative estimate of drug-likeness (QED) is 0.488. The molecule has 1 saturated carbocycles. The number of nitriles is 1. The van der Waals surface area contributed by atoms with E-state index in [1.54, 1.807) is 48.5 Å². The van der Waals surface area contributed by atoms with Crippen molar-refractivity contribution >= 4 is 29.1 Å². The minimum atomic E-state index is -0.253. The van der Waals surface area contributed by atoms with Crippen LogP contribution in [-0.2, 0) is 6.54 Å². The molecule has 0 atom stereocenters. The normalized spacial score (nSPS) is 17.3. The maximum Gasteiger partial charge on any atom is 0.255 e. The number of nitrogens with zero attached hydrogens (tertiary/aromatic N) is 2. The highest BCUT2D eigenvalue weighted by molar-refractivity contribution is 6.31. The molecule has 0 aromatic heterocycles. The average molecular weight is 487 g/mol. The number of anilines is 1. The van der Waals surface area contributed by atoms with E-state index in [1.807, 2.05) is 29.2 Å². The van der Waals surface area contributed by atoms with Gasteiger partial charge in [-0.05, 0) is 85.8 Å². The first-order valence-corrected chi connectivity index (χ1v) is 12.0. The maximum atomic E-state index is 13.5. The van der Waals surface area contributed by atoms with Gasteiger partial charge in [0, 0.05) is 40.5 Å². The first-order valence-electron chi connectivity index (χ1n) is 11.7. The molecule has 3 aromatic carbocycles. The molecule has 0 heterocycles. The fourth-order valence-electron chi connectivity index (χ4n) is 4.41. The third-order valence-electron chi connectivity index (χ3n) is 6.33. The SMILES string of the molecule is N#Cc1ccc(C(=O)N(Cc2cccc(NC(=O)c3cccc(Cl)c3)c2)C2CCC(N)CC2)cc1. The lowest BCUT2D eigenvalue weighted by Gasteiger charge is -2.36. The second-order valence-electron chi connectivity index (χ2n) is 8.86. The summed E-state index contributed by atoms with van der Waals surface area (Å²) < 4.78 is 0. The van der Waals surface area contributed by atoms with E-state index in [0.29, 0.717) is 33.9 Å². The fourth-order valence-corrected chi connectivity index (χ4v) is 4.60. The summed E-state index contributed by atoms with van der Waals surface area (Å²) in [4.78, 5) is 28.1. The Kier molecular flexibility index (Phi) is 7.81. The molecule has 3 aromatic rings. The van der Waals surface area contributed by atoms with Crippen LogP contribution in [-0.4, -0.2) is 28.8 Å². The third-order valence-corrected chi connectivity index (χ3v) is 6.56. The lowest BCUT2D eigenvalue weighted by atomic mass is 9.90.